The summed E-state index contributed by atoms with van der Waals surface area (Å²) >= 11 is 0. The Kier molecular flexibility index (Phi) is 4.83. The summed E-state index contributed by atoms with van der Waals surface area (Å²) in [6, 6.07) is 42.4. The van der Waals surface area contributed by atoms with Crippen molar-refractivity contribution in [2.24, 2.45) is 0 Å². The van der Waals surface area contributed by atoms with Crippen LogP contribution in [0.4, 0.5) is 0 Å². The van der Waals surface area contributed by atoms with Crippen LogP contribution in [0.2, 0.25) is 0 Å². The van der Waals surface area contributed by atoms with Gasteiger partial charge in [0.2, 0.25) is 5.95 Å². The standard InChI is InChI=1S/C36H26N4.H2/c1-36(2)29-19-11-9-17-25(29)27-21-28-26-18-10-12-20-31(26)40(32(28)22-30(27)36)35-38-33(23-13-5-3-6-14-23)37-34(39-35)24-15-7-4-8-16-24;/h3-22H,1-2H3;1H. The fourth-order valence-corrected chi connectivity index (χ4v) is 6.28. The van der Waals surface area contributed by atoms with E-state index >= 15 is 0 Å². The summed E-state index contributed by atoms with van der Waals surface area (Å²) in [5.74, 6) is 1.93. The molecule has 192 valence electrons. The van der Waals surface area contributed by atoms with Gasteiger partial charge in [-0.05, 0) is 40.5 Å². The van der Waals surface area contributed by atoms with Crippen molar-refractivity contribution in [3.8, 4) is 39.9 Å². The smallest absolute Gasteiger partial charge is 0.238 e. The van der Waals surface area contributed by atoms with Gasteiger partial charge in [0.25, 0.3) is 0 Å². The third-order valence-corrected chi connectivity index (χ3v) is 8.26. The van der Waals surface area contributed by atoms with Crippen LogP contribution in [-0.2, 0) is 5.41 Å². The highest BCUT2D eigenvalue weighted by Crippen LogP contribution is 2.50. The van der Waals surface area contributed by atoms with Crippen LogP contribution >= 0.6 is 0 Å². The SMILES string of the molecule is CC1(C)c2ccccc2-c2cc3c4ccccc4n(-c4nc(-c5ccccc5)nc(-c5ccccc5)n4)c3cc21.[HH]. The Hall–Kier alpha value is -5.09. The average Bonchev–Trinajstić information content (AvgIpc) is 3.45. The predicted octanol–water partition coefficient (Wildman–Crippen LogP) is 8.86. The molecule has 4 heteroatoms. The summed E-state index contributed by atoms with van der Waals surface area (Å²) in [4.78, 5) is 15.1. The normalized spacial score (nSPS) is 13.4. The van der Waals surface area contributed by atoms with Crippen molar-refractivity contribution in [1.82, 2.24) is 19.5 Å². The Morgan fingerprint density at radius 2 is 1.12 bits per heavy atom. The third-order valence-electron chi connectivity index (χ3n) is 8.26. The highest BCUT2D eigenvalue weighted by Gasteiger charge is 2.36. The van der Waals surface area contributed by atoms with Crippen LogP contribution in [0.5, 0.6) is 0 Å². The van der Waals surface area contributed by atoms with Crippen LogP contribution in [-0.4, -0.2) is 19.5 Å². The van der Waals surface area contributed by atoms with Crippen molar-refractivity contribution in [3.63, 3.8) is 0 Å². The molecule has 5 aromatic carbocycles. The van der Waals surface area contributed by atoms with Gasteiger partial charge < -0.3 is 0 Å². The van der Waals surface area contributed by atoms with Crippen LogP contribution < -0.4 is 0 Å². The Balaban J connectivity index is 0.00000276. The molecule has 7 aromatic rings. The van der Waals surface area contributed by atoms with Gasteiger partial charge in [-0.25, -0.2) is 4.98 Å². The lowest BCUT2D eigenvalue weighted by Gasteiger charge is -2.21. The number of nitrogens with zero attached hydrogens (tertiary/aromatic N) is 4. The minimum absolute atomic E-state index is 0. The van der Waals surface area contributed by atoms with E-state index in [1.54, 1.807) is 0 Å². The molecule has 8 rings (SSSR count). The third kappa shape index (κ3) is 3.29. The van der Waals surface area contributed by atoms with Gasteiger partial charge in [0.1, 0.15) is 0 Å². The molecule has 0 saturated heterocycles. The number of para-hydroxylation sites is 1. The van der Waals surface area contributed by atoms with Gasteiger partial charge in [-0.2, -0.15) is 9.97 Å². The molecular weight excluding hydrogens is 488 g/mol. The molecule has 0 bridgehead atoms. The highest BCUT2D eigenvalue weighted by atomic mass is 15.2. The fourth-order valence-electron chi connectivity index (χ4n) is 6.28. The molecule has 0 amide bonds. The molecule has 0 N–H and O–H groups in total. The zero-order valence-corrected chi connectivity index (χ0v) is 22.3. The van der Waals surface area contributed by atoms with Crippen molar-refractivity contribution in [1.29, 1.82) is 0 Å². The lowest BCUT2D eigenvalue weighted by molar-refractivity contribution is 0.661. The molecule has 4 nitrogen and oxygen atoms in total. The molecular formula is C36H28N4. The second-order valence-electron chi connectivity index (χ2n) is 11.0. The average molecular weight is 517 g/mol. The second-order valence-corrected chi connectivity index (χ2v) is 11.0. The molecule has 1 aliphatic rings. The quantitative estimate of drug-likeness (QED) is 0.236. The van der Waals surface area contributed by atoms with Gasteiger partial charge in [0.05, 0.1) is 11.0 Å². The van der Waals surface area contributed by atoms with Crippen LogP contribution in [0, 0.1) is 0 Å². The first kappa shape index (κ1) is 22.9. The van der Waals surface area contributed by atoms with Crippen molar-refractivity contribution in [3.05, 3.63) is 132 Å². The maximum absolute atomic E-state index is 5.08. The minimum atomic E-state index is -0.106. The topological polar surface area (TPSA) is 43.6 Å². The molecule has 2 aromatic heterocycles. The molecule has 0 radical (unpaired) electrons. The van der Waals surface area contributed by atoms with Gasteiger partial charge in [-0.15, -0.1) is 0 Å². The lowest BCUT2D eigenvalue weighted by Crippen LogP contribution is -2.15. The van der Waals surface area contributed by atoms with Crippen LogP contribution in [0.1, 0.15) is 26.4 Å². The fraction of sp³-hybridized carbons (Fsp3) is 0.0833. The summed E-state index contributed by atoms with van der Waals surface area (Å²) in [7, 11) is 0. The first-order valence-electron chi connectivity index (χ1n) is 13.6. The first-order valence-corrected chi connectivity index (χ1v) is 13.6. The van der Waals surface area contributed by atoms with Crippen molar-refractivity contribution in [2.75, 3.05) is 0 Å². The van der Waals surface area contributed by atoms with Crippen molar-refractivity contribution >= 4 is 21.8 Å². The number of hydrogen-bond donors (Lipinski definition) is 0. The van der Waals surface area contributed by atoms with Gasteiger partial charge in [0, 0.05) is 28.7 Å². The van der Waals surface area contributed by atoms with E-state index in [0.717, 1.165) is 22.2 Å². The first-order chi connectivity index (χ1) is 19.6. The monoisotopic (exact) mass is 516 g/mol. The van der Waals surface area contributed by atoms with Gasteiger partial charge in [-0.1, -0.05) is 117 Å². The molecule has 0 saturated carbocycles. The van der Waals surface area contributed by atoms with Gasteiger partial charge in [-0.3, -0.25) is 4.57 Å². The summed E-state index contributed by atoms with van der Waals surface area (Å²) in [6.45, 7) is 4.64. The predicted molar refractivity (Wildman–Crippen MR) is 165 cm³/mol. The molecule has 40 heavy (non-hydrogen) atoms. The molecule has 0 spiro atoms. The summed E-state index contributed by atoms with van der Waals surface area (Å²) in [6.07, 6.45) is 0. The highest BCUT2D eigenvalue weighted by molar-refractivity contribution is 6.11. The Morgan fingerprint density at radius 1 is 0.525 bits per heavy atom. The van der Waals surface area contributed by atoms with E-state index in [0.29, 0.717) is 17.6 Å². The van der Waals surface area contributed by atoms with Crippen molar-refractivity contribution in [2.45, 2.75) is 19.3 Å². The maximum Gasteiger partial charge on any atom is 0.238 e. The number of benzene rings is 5. The Labute approximate surface area is 234 Å². The number of aromatic nitrogens is 4. The van der Waals surface area contributed by atoms with Gasteiger partial charge >= 0.3 is 0 Å². The van der Waals surface area contributed by atoms with E-state index in [9.17, 15) is 0 Å². The molecule has 0 unspecified atom stereocenters. The Morgan fingerprint density at radius 3 is 1.82 bits per heavy atom. The van der Waals surface area contributed by atoms with Crippen molar-refractivity contribution < 1.29 is 1.43 Å². The zero-order chi connectivity index (χ0) is 26.8. The molecule has 0 aliphatic heterocycles. The molecule has 0 atom stereocenters. The number of fused-ring (bicyclic) bond motifs is 6. The van der Waals surface area contributed by atoms with Crippen LogP contribution in [0.3, 0.4) is 0 Å². The number of hydrogen-bond acceptors (Lipinski definition) is 3. The zero-order valence-electron chi connectivity index (χ0n) is 22.3. The largest absolute Gasteiger partial charge is 0.278 e. The second kappa shape index (κ2) is 8.45. The molecule has 2 heterocycles. The number of rotatable bonds is 3. The summed E-state index contributed by atoms with van der Waals surface area (Å²) < 4.78 is 2.21. The molecule has 1 aliphatic carbocycles. The van der Waals surface area contributed by atoms with E-state index in [1.165, 1.54) is 33.0 Å². The van der Waals surface area contributed by atoms with E-state index in [4.69, 9.17) is 15.0 Å². The Bertz CT molecular complexity index is 2020. The summed E-state index contributed by atoms with van der Waals surface area (Å²) in [5.41, 5.74) is 9.31. The molecule has 0 fully saturated rings. The lowest BCUT2D eigenvalue weighted by atomic mass is 9.82. The summed E-state index contributed by atoms with van der Waals surface area (Å²) in [5, 5.41) is 2.38. The van der Waals surface area contributed by atoms with Crippen LogP contribution in [0.15, 0.2) is 121 Å². The van der Waals surface area contributed by atoms with Crippen LogP contribution in [0.25, 0.3) is 61.7 Å². The van der Waals surface area contributed by atoms with E-state index in [1.807, 2.05) is 60.7 Å². The van der Waals surface area contributed by atoms with E-state index in [-0.39, 0.29) is 6.84 Å². The minimum Gasteiger partial charge on any atom is -0.278 e. The van der Waals surface area contributed by atoms with Gasteiger partial charge in [0.15, 0.2) is 11.6 Å². The van der Waals surface area contributed by atoms with E-state index < -0.39 is 0 Å². The maximum atomic E-state index is 5.08. The van der Waals surface area contributed by atoms with E-state index in [2.05, 4.69) is 79.1 Å².